The highest BCUT2D eigenvalue weighted by Crippen LogP contribution is 2.17. The summed E-state index contributed by atoms with van der Waals surface area (Å²) in [5.41, 5.74) is 0. The standard InChI is InChI=1S/C13H19NO2S/c1-2-11(15)10-14-13(16)8-9-17-12-6-4-3-5-7-12/h3-7,11,15H,2,8-10H2,1H3,(H,14,16). The van der Waals surface area contributed by atoms with E-state index in [0.29, 0.717) is 19.4 Å². The molecule has 1 rings (SSSR count). The molecule has 2 N–H and O–H groups in total. The molecule has 0 fully saturated rings. The van der Waals surface area contributed by atoms with Crippen LogP contribution in [0.1, 0.15) is 19.8 Å². The third-order valence-corrected chi connectivity index (χ3v) is 3.36. The van der Waals surface area contributed by atoms with E-state index in [1.54, 1.807) is 11.8 Å². The van der Waals surface area contributed by atoms with E-state index in [-0.39, 0.29) is 5.91 Å². The first kappa shape index (κ1) is 14.1. The van der Waals surface area contributed by atoms with E-state index < -0.39 is 6.10 Å². The summed E-state index contributed by atoms with van der Waals surface area (Å²) in [5.74, 6) is 0.763. The highest BCUT2D eigenvalue weighted by atomic mass is 32.2. The zero-order chi connectivity index (χ0) is 12.5. The molecule has 0 heterocycles. The van der Waals surface area contributed by atoms with Crippen LogP contribution in [-0.4, -0.2) is 29.4 Å². The van der Waals surface area contributed by atoms with E-state index >= 15 is 0 Å². The van der Waals surface area contributed by atoms with E-state index in [0.717, 1.165) is 5.75 Å². The summed E-state index contributed by atoms with van der Waals surface area (Å²) in [6, 6.07) is 10.0. The molecule has 1 aromatic rings. The van der Waals surface area contributed by atoms with Crippen molar-refractivity contribution >= 4 is 17.7 Å². The fourth-order valence-electron chi connectivity index (χ4n) is 1.24. The summed E-state index contributed by atoms with van der Waals surface area (Å²) in [7, 11) is 0. The predicted molar refractivity (Wildman–Crippen MR) is 71.1 cm³/mol. The zero-order valence-electron chi connectivity index (χ0n) is 10.1. The third-order valence-electron chi connectivity index (χ3n) is 2.35. The Balaban J connectivity index is 2.12. The van der Waals surface area contributed by atoms with Crippen LogP contribution in [0.15, 0.2) is 35.2 Å². The van der Waals surface area contributed by atoms with Gasteiger partial charge in [0.05, 0.1) is 6.10 Å². The maximum absolute atomic E-state index is 11.4. The normalized spacial score (nSPS) is 12.1. The lowest BCUT2D eigenvalue weighted by molar-refractivity contribution is -0.121. The second kappa shape index (κ2) is 8.14. The number of thioether (sulfide) groups is 1. The topological polar surface area (TPSA) is 49.3 Å². The number of aliphatic hydroxyl groups excluding tert-OH is 1. The molecule has 1 aromatic carbocycles. The third kappa shape index (κ3) is 6.34. The van der Waals surface area contributed by atoms with Gasteiger partial charge >= 0.3 is 0 Å². The highest BCUT2D eigenvalue weighted by Gasteiger charge is 2.04. The number of aliphatic hydroxyl groups is 1. The van der Waals surface area contributed by atoms with E-state index in [9.17, 15) is 9.90 Å². The summed E-state index contributed by atoms with van der Waals surface area (Å²) in [4.78, 5) is 12.6. The smallest absolute Gasteiger partial charge is 0.220 e. The molecule has 3 nitrogen and oxygen atoms in total. The van der Waals surface area contributed by atoms with Gasteiger partial charge in [0.25, 0.3) is 0 Å². The minimum atomic E-state index is -0.430. The van der Waals surface area contributed by atoms with Crippen LogP contribution in [-0.2, 0) is 4.79 Å². The lowest BCUT2D eigenvalue weighted by Gasteiger charge is -2.09. The van der Waals surface area contributed by atoms with Gasteiger partial charge in [-0.1, -0.05) is 25.1 Å². The summed E-state index contributed by atoms with van der Waals surface area (Å²) in [5, 5.41) is 12.0. The molecule has 0 aromatic heterocycles. The van der Waals surface area contributed by atoms with Crippen molar-refractivity contribution in [3.05, 3.63) is 30.3 Å². The Bertz CT molecular complexity index is 329. The average molecular weight is 253 g/mol. The fraction of sp³-hybridized carbons (Fsp3) is 0.462. The van der Waals surface area contributed by atoms with Crippen molar-refractivity contribution in [2.45, 2.75) is 30.8 Å². The van der Waals surface area contributed by atoms with Gasteiger partial charge in [-0.15, -0.1) is 11.8 Å². The first-order valence-electron chi connectivity index (χ1n) is 5.85. The van der Waals surface area contributed by atoms with Crippen molar-refractivity contribution in [2.75, 3.05) is 12.3 Å². The fourth-order valence-corrected chi connectivity index (χ4v) is 2.12. The number of nitrogens with one attached hydrogen (secondary N) is 1. The Kier molecular flexibility index (Phi) is 6.74. The number of amides is 1. The molecule has 0 radical (unpaired) electrons. The van der Waals surface area contributed by atoms with Crippen LogP contribution < -0.4 is 5.32 Å². The molecule has 0 saturated carbocycles. The Morgan fingerprint density at radius 1 is 1.41 bits per heavy atom. The second-order valence-electron chi connectivity index (χ2n) is 3.78. The minimum absolute atomic E-state index is 0.000862. The molecule has 94 valence electrons. The molecule has 0 bridgehead atoms. The van der Waals surface area contributed by atoms with Crippen LogP contribution in [0.2, 0.25) is 0 Å². The number of rotatable bonds is 7. The lowest BCUT2D eigenvalue weighted by Crippen LogP contribution is -2.31. The van der Waals surface area contributed by atoms with E-state index in [1.807, 2.05) is 37.3 Å². The summed E-state index contributed by atoms with van der Waals surface area (Å²) in [6.45, 7) is 2.24. The molecule has 0 spiro atoms. The molecule has 0 aliphatic heterocycles. The van der Waals surface area contributed by atoms with E-state index in [1.165, 1.54) is 4.90 Å². The first-order valence-corrected chi connectivity index (χ1v) is 6.83. The van der Waals surface area contributed by atoms with Gasteiger partial charge < -0.3 is 10.4 Å². The van der Waals surface area contributed by atoms with Gasteiger partial charge in [-0.25, -0.2) is 0 Å². The molecule has 1 unspecified atom stereocenters. The first-order chi connectivity index (χ1) is 8.22. The molecular formula is C13H19NO2S. The molecule has 17 heavy (non-hydrogen) atoms. The number of carbonyl (C=O) groups excluding carboxylic acids is 1. The summed E-state index contributed by atoms with van der Waals surface area (Å²) in [6.07, 6.45) is 0.718. The van der Waals surface area contributed by atoms with Gasteiger partial charge in [-0.3, -0.25) is 4.79 Å². The zero-order valence-corrected chi connectivity index (χ0v) is 10.9. The number of hydrogen-bond donors (Lipinski definition) is 2. The highest BCUT2D eigenvalue weighted by molar-refractivity contribution is 7.99. The van der Waals surface area contributed by atoms with Crippen LogP contribution in [0.3, 0.4) is 0 Å². The Morgan fingerprint density at radius 2 is 2.12 bits per heavy atom. The quantitative estimate of drug-likeness (QED) is 0.731. The van der Waals surface area contributed by atoms with Crippen LogP contribution >= 0.6 is 11.8 Å². The number of carbonyl (C=O) groups is 1. The van der Waals surface area contributed by atoms with Crippen LogP contribution in [0, 0.1) is 0 Å². The van der Waals surface area contributed by atoms with Gasteiger partial charge in [0.15, 0.2) is 0 Å². The molecule has 1 amide bonds. The maximum Gasteiger partial charge on any atom is 0.220 e. The number of hydrogen-bond acceptors (Lipinski definition) is 3. The Hall–Kier alpha value is -1.00. The monoisotopic (exact) mass is 253 g/mol. The van der Waals surface area contributed by atoms with Crippen molar-refractivity contribution in [2.24, 2.45) is 0 Å². The van der Waals surface area contributed by atoms with E-state index in [2.05, 4.69) is 5.32 Å². The van der Waals surface area contributed by atoms with Gasteiger partial charge in [-0.05, 0) is 18.6 Å². The van der Waals surface area contributed by atoms with Crippen molar-refractivity contribution in [3.63, 3.8) is 0 Å². The maximum atomic E-state index is 11.4. The van der Waals surface area contributed by atoms with Gasteiger partial charge in [0.2, 0.25) is 5.91 Å². The Morgan fingerprint density at radius 3 is 2.76 bits per heavy atom. The van der Waals surface area contributed by atoms with Gasteiger partial charge in [0.1, 0.15) is 0 Å². The number of benzene rings is 1. The summed E-state index contributed by atoms with van der Waals surface area (Å²) >= 11 is 1.67. The molecule has 0 saturated heterocycles. The largest absolute Gasteiger partial charge is 0.391 e. The van der Waals surface area contributed by atoms with Crippen molar-refractivity contribution < 1.29 is 9.90 Å². The van der Waals surface area contributed by atoms with Crippen molar-refractivity contribution in [1.29, 1.82) is 0 Å². The minimum Gasteiger partial charge on any atom is -0.391 e. The van der Waals surface area contributed by atoms with E-state index in [4.69, 9.17) is 0 Å². The molecule has 1 atom stereocenters. The van der Waals surface area contributed by atoms with Crippen molar-refractivity contribution in [1.82, 2.24) is 5.32 Å². The van der Waals surface area contributed by atoms with Gasteiger partial charge in [0, 0.05) is 23.6 Å². The summed E-state index contributed by atoms with van der Waals surface area (Å²) < 4.78 is 0. The van der Waals surface area contributed by atoms with Crippen molar-refractivity contribution in [3.8, 4) is 0 Å². The van der Waals surface area contributed by atoms with Gasteiger partial charge in [-0.2, -0.15) is 0 Å². The SMILES string of the molecule is CCC(O)CNC(=O)CCSc1ccccc1. The molecule has 0 aliphatic carbocycles. The van der Waals surface area contributed by atoms with Crippen LogP contribution in [0.5, 0.6) is 0 Å². The molecule has 4 heteroatoms. The molecule has 0 aliphatic rings. The predicted octanol–water partition coefficient (Wildman–Crippen LogP) is 2.06. The lowest BCUT2D eigenvalue weighted by atomic mass is 10.3. The Labute approximate surface area is 107 Å². The van der Waals surface area contributed by atoms with Crippen LogP contribution in [0.4, 0.5) is 0 Å². The molecular weight excluding hydrogens is 234 g/mol. The second-order valence-corrected chi connectivity index (χ2v) is 4.95. The average Bonchev–Trinajstić information content (AvgIpc) is 2.37. The van der Waals surface area contributed by atoms with Crippen LogP contribution in [0.25, 0.3) is 0 Å².